The lowest BCUT2D eigenvalue weighted by atomic mass is 10.0. The van der Waals surface area contributed by atoms with Gasteiger partial charge in [0.05, 0.1) is 0 Å². The van der Waals surface area contributed by atoms with Gasteiger partial charge in [-0.1, -0.05) is 6.07 Å². The standard InChI is InChI=1S/C14H20N2O.ClH/c1-10-3-4-13(7-11(10)2)16-14(17)8-12-5-6-15-9-12;/h3-4,7,12,15H,5-6,8-9H2,1-2H3,(H,16,17);1H. The van der Waals surface area contributed by atoms with Crippen LogP contribution in [-0.2, 0) is 4.79 Å². The van der Waals surface area contributed by atoms with Gasteiger partial charge in [0.2, 0.25) is 5.91 Å². The van der Waals surface area contributed by atoms with Crippen LogP contribution in [0.1, 0.15) is 24.0 Å². The maximum absolute atomic E-state index is 11.8. The second-order valence-electron chi connectivity index (χ2n) is 4.91. The summed E-state index contributed by atoms with van der Waals surface area (Å²) in [4.78, 5) is 11.8. The third kappa shape index (κ3) is 4.00. The summed E-state index contributed by atoms with van der Waals surface area (Å²) in [5.41, 5.74) is 3.37. The summed E-state index contributed by atoms with van der Waals surface area (Å²) < 4.78 is 0. The van der Waals surface area contributed by atoms with Gasteiger partial charge in [-0.05, 0) is 62.5 Å². The Morgan fingerprint density at radius 1 is 1.39 bits per heavy atom. The highest BCUT2D eigenvalue weighted by Crippen LogP contribution is 2.16. The van der Waals surface area contributed by atoms with E-state index in [2.05, 4.69) is 24.5 Å². The van der Waals surface area contributed by atoms with Gasteiger partial charge in [-0.2, -0.15) is 0 Å². The summed E-state index contributed by atoms with van der Waals surface area (Å²) >= 11 is 0. The Morgan fingerprint density at radius 2 is 2.17 bits per heavy atom. The molecule has 0 aliphatic carbocycles. The number of benzene rings is 1. The average Bonchev–Trinajstić information content (AvgIpc) is 2.76. The molecule has 0 saturated carbocycles. The first-order valence-electron chi connectivity index (χ1n) is 6.23. The predicted molar refractivity (Wildman–Crippen MR) is 77.4 cm³/mol. The monoisotopic (exact) mass is 268 g/mol. The second kappa shape index (κ2) is 6.76. The number of nitrogens with one attached hydrogen (secondary N) is 2. The number of aryl methyl sites for hydroxylation is 2. The molecule has 1 amide bonds. The molecule has 1 aliphatic heterocycles. The van der Waals surface area contributed by atoms with Crippen LogP contribution < -0.4 is 10.6 Å². The summed E-state index contributed by atoms with van der Waals surface area (Å²) in [7, 11) is 0. The summed E-state index contributed by atoms with van der Waals surface area (Å²) in [5, 5.41) is 6.25. The minimum atomic E-state index is 0. The third-order valence-corrected chi connectivity index (χ3v) is 3.43. The summed E-state index contributed by atoms with van der Waals surface area (Å²) in [6, 6.07) is 6.04. The first-order chi connectivity index (χ1) is 8.15. The molecule has 1 unspecified atom stereocenters. The van der Waals surface area contributed by atoms with Gasteiger partial charge in [-0.25, -0.2) is 0 Å². The highest BCUT2D eigenvalue weighted by Gasteiger charge is 2.17. The molecule has 0 aromatic heterocycles. The maximum Gasteiger partial charge on any atom is 0.224 e. The minimum absolute atomic E-state index is 0. The van der Waals surface area contributed by atoms with Crippen molar-refractivity contribution in [2.45, 2.75) is 26.7 Å². The summed E-state index contributed by atoms with van der Waals surface area (Å²) in [6.07, 6.45) is 1.74. The van der Waals surface area contributed by atoms with E-state index in [-0.39, 0.29) is 18.3 Å². The van der Waals surface area contributed by atoms with Crippen molar-refractivity contribution in [1.29, 1.82) is 0 Å². The quantitative estimate of drug-likeness (QED) is 0.885. The molecule has 3 nitrogen and oxygen atoms in total. The van der Waals surface area contributed by atoms with E-state index in [1.54, 1.807) is 0 Å². The number of rotatable bonds is 3. The lowest BCUT2D eigenvalue weighted by molar-refractivity contribution is -0.116. The Balaban J connectivity index is 0.00000162. The largest absolute Gasteiger partial charge is 0.326 e. The summed E-state index contributed by atoms with van der Waals surface area (Å²) in [6.45, 7) is 6.15. The van der Waals surface area contributed by atoms with Crippen molar-refractivity contribution in [1.82, 2.24) is 5.32 Å². The van der Waals surface area contributed by atoms with Crippen LogP contribution in [0.5, 0.6) is 0 Å². The maximum atomic E-state index is 11.8. The molecule has 1 heterocycles. The Morgan fingerprint density at radius 3 is 2.78 bits per heavy atom. The fourth-order valence-corrected chi connectivity index (χ4v) is 2.18. The number of hydrogen-bond acceptors (Lipinski definition) is 2. The van der Waals surface area contributed by atoms with Crippen LogP contribution in [0, 0.1) is 19.8 Å². The molecule has 1 aliphatic rings. The van der Waals surface area contributed by atoms with E-state index in [0.29, 0.717) is 12.3 Å². The van der Waals surface area contributed by atoms with Gasteiger partial charge in [-0.15, -0.1) is 12.4 Å². The van der Waals surface area contributed by atoms with E-state index >= 15 is 0 Å². The number of amides is 1. The fourth-order valence-electron chi connectivity index (χ4n) is 2.18. The van der Waals surface area contributed by atoms with Crippen molar-refractivity contribution in [2.24, 2.45) is 5.92 Å². The zero-order chi connectivity index (χ0) is 12.3. The van der Waals surface area contributed by atoms with Gasteiger partial charge in [0, 0.05) is 12.1 Å². The highest BCUT2D eigenvalue weighted by atomic mass is 35.5. The highest BCUT2D eigenvalue weighted by molar-refractivity contribution is 5.91. The van der Waals surface area contributed by atoms with Crippen LogP contribution in [0.25, 0.3) is 0 Å². The molecular formula is C14H21ClN2O. The third-order valence-electron chi connectivity index (χ3n) is 3.43. The number of carbonyl (C=O) groups is 1. The van der Waals surface area contributed by atoms with E-state index in [4.69, 9.17) is 0 Å². The molecule has 2 N–H and O–H groups in total. The van der Waals surface area contributed by atoms with Crippen molar-refractivity contribution in [3.8, 4) is 0 Å². The van der Waals surface area contributed by atoms with Crippen LogP contribution >= 0.6 is 12.4 Å². The number of carbonyl (C=O) groups excluding carboxylic acids is 1. The first kappa shape index (κ1) is 15.0. The van der Waals surface area contributed by atoms with Crippen molar-refractivity contribution in [3.05, 3.63) is 29.3 Å². The smallest absolute Gasteiger partial charge is 0.224 e. The fraction of sp³-hybridized carbons (Fsp3) is 0.500. The van der Waals surface area contributed by atoms with Crippen molar-refractivity contribution >= 4 is 24.0 Å². The SMILES string of the molecule is Cc1ccc(NC(=O)CC2CCNC2)cc1C.Cl. The Kier molecular flexibility index (Phi) is 5.63. The second-order valence-corrected chi connectivity index (χ2v) is 4.91. The molecule has 18 heavy (non-hydrogen) atoms. The van der Waals surface area contributed by atoms with Gasteiger partial charge in [-0.3, -0.25) is 4.79 Å². The van der Waals surface area contributed by atoms with Crippen LogP contribution in [0.2, 0.25) is 0 Å². The normalized spacial score (nSPS) is 18.2. The molecule has 1 aromatic rings. The molecule has 100 valence electrons. The van der Waals surface area contributed by atoms with E-state index in [1.807, 2.05) is 18.2 Å². The topological polar surface area (TPSA) is 41.1 Å². The van der Waals surface area contributed by atoms with E-state index < -0.39 is 0 Å². The summed E-state index contributed by atoms with van der Waals surface area (Å²) in [5.74, 6) is 0.628. The van der Waals surface area contributed by atoms with Gasteiger partial charge in [0.15, 0.2) is 0 Å². The Bertz CT molecular complexity index is 414. The van der Waals surface area contributed by atoms with E-state index in [9.17, 15) is 4.79 Å². The molecule has 0 spiro atoms. The van der Waals surface area contributed by atoms with Gasteiger partial charge >= 0.3 is 0 Å². The zero-order valence-corrected chi connectivity index (χ0v) is 11.8. The average molecular weight is 269 g/mol. The van der Waals surface area contributed by atoms with Gasteiger partial charge in [0.25, 0.3) is 0 Å². The van der Waals surface area contributed by atoms with Gasteiger partial charge < -0.3 is 10.6 Å². The predicted octanol–water partition coefficient (Wildman–Crippen LogP) is 2.66. The lowest BCUT2D eigenvalue weighted by Gasteiger charge is -2.10. The molecule has 0 radical (unpaired) electrons. The van der Waals surface area contributed by atoms with Crippen LogP contribution in [0.3, 0.4) is 0 Å². The van der Waals surface area contributed by atoms with Crippen molar-refractivity contribution in [2.75, 3.05) is 18.4 Å². The molecular weight excluding hydrogens is 248 g/mol. The molecule has 2 rings (SSSR count). The molecule has 4 heteroatoms. The molecule has 1 fully saturated rings. The molecule has 1 atom stereocenters. The lowest BCUT2D eigenvalue weighted by Crippen LogP contribution is -2.18. The van der Waals surface area contributed by atoms with Gasteiger partial charge in [0.1, 0.15) is 0 Å². The van der Waals surface area contributed by atoms with Crippen LogP contribution in [0.15, 0.2) is 18.2 Å². The van der Waals surface area contributed by atoms with Crippen LogP contribution in [0.4, 0.5) is 5.69 Å². The minimum Gasteiger partial charge on any atom is -0.326 e. The van der Waals surface area contributed by atoms with Crippen molar-refractivity contribution in [3.63, 3.8) is 0 Å². The number of halogens is 1. The van der Waals surface area contributed by atoms with Crippen molar-refractivity contribution < 1.29 is 4.79 Å². The first-order valence-corrected chi connectivity index (χ1v) is 6.23. The van der Waals surface area contributed by atoms with E-state index in [1.165, 1.54) is 11.1 Å². The number of hydrogen-bond donors (Lipinski definition) is 2. The molecule has 0 bridgehead atoms. The number of anilines is 1. The molecule has 1 saturated heterocycles. The zero-order valence-electron chi connectivity index (χ0n) is 11.0. The van der Waals surface area contributed by atoms with Crippen LogP contribution in [-0.4, -0.2) is 19.0 Å². The molecule has 1 aromatic carbocycles. The van der Waals surface area contributed by atoms with E-state index in [0.717, 1.165) is 25.2 Å². The Hall–Kier alpha value is -1.06. The Labute approximate surface area is 115 Å².